The molecule has 2 nitrogen and oxygen atoms in total. The summed E-state index contributed by atoms with van der Waals surface area (Å²) in [4.78, 5) is 2.45. The maximum Gasteiger partial charge on any atom is 3.00 e. The first-order chi connectivity index (χ1) is 14.4. The molecule has 0 N–H and O–H groups in total. The summed E-state index contributed by atoms with van der Waals surface area (Å²) in [6.45, 7) is 9.78. The second-order valence-electron chi connectivity index (χ2n) is 9.35. The van der Waals surface area contributed by atoms with Gasteiger partial charge in [0.25, 0.3) is 0 Å². The Morgan fingerprint density at radius 2 is 1.55 bits per heavy atom. The molecule has 1 heterocycles. The normalized spacial score (nSPS) is 12.1. The molecule has 0 saturated heterocycles. The minimum absolute atomic E-state index is 0. The van der Waals surface area contributed by atoms with Crippen molar-refractivity contribution < 1.29 is 55.8 Å². The van der Waals surface area contributed by atoms with Crippen LogP contribution in [-0.2, 0) is 38.2 Å². The predicted molar refractivity (Wildman–Crippen MR) is 127 cm³/mol. The molecule has 0 saturated carbocycles. The molecule has 0 amide bonds. The van der Waals surface area contributed by atoms with Gasteiger partial charge in [0, 0.05) is 23.5 Å². The number of ether oxygens (including phenoxy) is 1. The summed E-state index contributed by atoms with van der Waals surface area (Å²) in [5.74, 6) is 0.981. The summed E-state index contributed by atoms with van der Waals surface area (Å²) in [5.41, 5.74) is 8.86. The van der Waals surface area contributed by atoms with Gasteiger partial charge in [-0.3, -0.25) is 0 Å². The molecule has 0 spiro atoms. The van der Waals surface area contributed by atoms with Gasteiger partial charge in [-0.15, -0.1) is 28.5 Å². The van der Waals surface area contributed by atoms with E-state index in [-0.39, 0.29) is 56.4 Å². The van der Waals surface area contributed by atoms with Crippen LogP contribution in [0.3, 0.4) is 0 Å². The van der Waals surface area contributed by atoms with E-state index in [9.17, 15) is 0 Å². The number of hydrogen-bond acceptors (Lipinski definition) is 2. The summed E-state index contributed by atoms with van der Waals surface area (Å²) >= 11 is 0. The van der Waals surface area contributed by atoms with Crippen molar-refractivity contribution in [1.82, 2.24) is 0 Å². The fourth-order valence-electron chi connectivity index (χ4n) is 4.82. The second kappa shape index (κ2) is 10.3. The van der Waals surface area contributed by atoms with Crippen LogP contribution in [0, 0.1) is 6.92 Å². The third-order valence-corrected chi connectivity index (χ3v) is 6.19. The molecule has 0 unspecified atom stereocenters. The van der Waals surface area contributed by atoms with Crippen molar-refractivity contribution in [3.8, 4) is 16.9 Å². The Morgan fingerprint density at radius 1 is 0.909 bits per heavy atom. The van der Waals surface area contributed by atoms with Crippen LogP contribution in [0.2, 0.25) is 0 Å². The van der Waals surface area contributed by atoms with Crippen LogP contribution in [0.5, 0.6) is 5.75 Å². The van der Waals surface area contributed by atoms with E-state index < -0.39 is 0 Å². The minimum atomic E-state index is -0.0212. The first-order valence-corrected chi connectivity index (χ1v) is 10.6. The quantitative estimate of drug-likeness (QED) is 0.347. The number of fused-ring (bicyclic) bond motifs is 4. The molecule has 33 heavy (non-hydrogen) atoms. The van der Waals surface area contributed by atoms with Gasteiger partial charge in [-0.05, 0) is 28.2 Å². The first kappa shape index (κ1) is 27.6. The first-order valence-electron chi connectivity index (χ1n) is 10.6. The number of anilines is 2. The maximum absolute atomic E-state index is 6.13. The monoisotopic (exact) mass is 554 g/mol. The van der Waals surface area contributed by atoms with Crippen molar-refractivity contribution in [2.75, 3.05) is 12.0 Å². The summed E-state index contributed by atoms with van der Waals surface area (Å²) < 4.78 is 6.13. The number of rotatable bonds is 2. The van der Waals surface area contributed by atoms with E-state index in [1.165, 1.54) is 50.0 Å². The Balaban J connectivity index is 0.00000128. The largest absolute Gasteiger partial charge is 3.00 e. The van der Waals surface area contributed by atoms with E-state index in [0.717, 1.165) is 12.3 Å². The zero-order valence-electron chi connectivity index (χ0n) is 19.7. The van der Waals surface area contributed by atoms with Gasteiger partial charge >= 0.3 is 26.2 Å². The molecule has 169 valence electrons. The minimum Gasteiger partial charge on any atom is -1.00 e. The van der Waals surface area contributed by atoms with Crippen LogP contribution in [0.4, 0.5) is 11.4 Å². The van der Waals surface area contributed by atoms with Gasteiger partial charge in [-0.1, -0.05) is 70.2 Å². The van der Waals surface area contributed by atoms with E-state index >= 15 is 0 Å². The Morgan fingerprint density at radius 3 is 2.21 bits per heavy atom. The molecule has 0 aromatic heterocycles. The topological polar surface area (TPSA) is 12.5 Å². The van der Waals surface area contributed by atoms with E-state index in [2.05, 4.69) is 99.3 Å². The Hall–Kier alpha value is -1.67. The fourth-order valence-corrected chi connectivity index (χ4v) is 4.82. The number of benzene rings is 3. The third kappa shape index (κ3) is 4.65. The number of para-hydroxylation sites is 1. The number of aryl methyl sites for hydroxylation is 1. The van der Waals surface area contributed by atoms with Crippen molar-refractivity contribution in [2.24, 2.45) is 0 Å². The van der Waals surface area contributed by atoms with E-state index in [0.29, 0.717) is 0 Å². The third-order valence-electron chi connectivity index (χ3n) is 6.19. The predicted octanol–water partition coefficient (Wildman–Crippen LogP) is 1.50. The molecule has 1 radical (unpaired) electrons. The number of nitrogens with zero attached hydrogens (tertiary/aromatic N) is 1. The summed E-state index contributed by atoms with van der Waals surface area (Å²) in [7, 11) is 1.81. The summed E-state index contributed by atoms with van der Waals surface area (Å²) in [5, 5.41) is 2.54. The zero-order chi connectivity index (χ0) is 21.0. The van der Waals surface area contributed by atoms with Crippen molar-refractivity contribution in [1.29, 1.82) is 0 Å². The van der Waals surface area contributed by atoms with Gasteiger partial charge in [0.1, 0.15) is 5.75 Å². The number of halogens is 2. The fraction of sp³-hybridized carbons (Fsp3) is 0.250. The molecule has 4 aromatic carbocycles. The molecule has 0 aliphatic carbocycles. The van der Waals surface area contributed by atoms with Crippen molar-refractivity contribution >= 4 is 22.1 Å². The SMILES string of the molecule is COc1c(C(C)(C)C)cc2[cH-]c(C)cc2c1N1Cc2ccccc2-c2ccccc21.[Cl-].[Cl-].[Zr+3]. The maximum atomic E-state index is 6.13. The van der Waals surface area contributed by atoms with Crippen LogP contribution in [0.25, 0.3) is 21.9 Å². The van der Waals surface area contributed by atoms with Gasteiger partial charge in [0.2, 0.25) is 0 Å². The van der Waals surface area contributed by atoms with Gasteiger partial charge < -0.3 is 34.5 Å². The smallest absolute Gasteiger partial charge is 1.00 e. The van der Waals surface area contributed by atoms with Crippen molar-refractivity contribution in [3.63, 3.8) is 0 Å². The second-order valence-corrected chi connectivity index (χ2v) is 9.35. The molecule has 1 aliphatic rings. The molecular formula is C28H28Cl2NOZr. The zero-order valence-corrected chi connectivity index (χ0v) is 23.6. The van der Waals surface area contributed by atoms with E-state index in [4.69, 9.17) is 4.74 Å². The Labute approximate surface area is 228 Å². The van der Waals surface area contributed by atoms with Crippen LogP contribution in [0.15, 0.2) is 66.7 Å². The molecule has 0 bridgehead atoms. The average molecular weight is 557 g/mol. The van der Waals surface area contributed by atoms with E-state index in [1.807, 2.05) is 0 Å². The molecule has 0 atom stereocenters. The standard InChI is InChI=1S/C28H28NO.2ClH.Zr/c1-18-14-20-16-24(28(2,3)4)27(30-5)26(23(20)15-18)29-17-19-10-6-7-11-21(19)22-12-8-9-13-25(22)29;;;/h6-16H,17H2,1-5H3;2*1H;/q-1;;;+3/p-2. The molecule has 1 aliphatic heterocycles. The van der Waals surface area contributed by atoms with Crippen molar-refractivity contribution in [3.05, 3.63) is 83.4 Å². The van der Waals surface area contributed by atoms with Crippen LogP contribution >= 0.6 is 0 Å². The van der Waals surface area contributed by atoms with Gasteiger partial charge in [-0.2, -0.15) is 6.07 Å². The molecule has 5 heteroatoms. The number of methoxy groups -OCH3 is 1. The Bertz CT molecular complexity index is 1270. The molecular weight excluding hydrogens is 528 g/mol. The van der Waals surface area contributed by atoms with Crippen LogP contribution in [0.1, 0.15) is 37.5 Å². The Kier molecular flexibility index (Phi) is 8.61. The molecule has 5 rings (SSSR count). The van der Waals surface area contributed by atoms with Crippen molar-refractivity contribution in [2.45, 2.75) is 39.7 Å². The van der Waals surface area contributed by atoms with Crippen LogP contribution < -0.4 is 34.5 Å². The van der Waals surface area contributed by atoms with Gasteiger partial charge in [0.15, 0.2) is 0 Å². The molecule has 4 aromatic rings. The van der Waals surface area contributed by atoms with Gasteiger partial charge in [-0.25, -0.2) is 0 Å². The summed E-state index contributed by atoms with van der Waals surface area (Å²) in [6, 6.07) is 24.4. The number of hydrogen-bond donors (Lipinski definition) is 0. The van der Waals surface area contributed by atoms with E-state index in [1.54, 1.807) is 7.11 Å². The molecule has 0 fully saturated rings. The summed E-state index contributed by atoms with van der Waals surface area (Å²) in [6.07, 6.45) is 0. The van der Waals surface area contributed by atoms with Crippen LogP contribution in [-0.4, -0.2) is 7.11 Å². The van der Waals surface area contributed by atoms with Gasteiger partial charge in [0.05, 0.1) is 7.11 Å². The average Bonchev–Trinajstić information content (AvgIpc) is 3.11.